The maximum absolute atomic E-state index is 11.4. The minimum absolute atomic E-state index is 0.0222. The van der Waals surface area contributed by atoms with Crippen molar-refractivity contribution in [1.29, 1.82) is 0 Å². The molecule has 0 heterocycles. The van der Waals surface area contributed by atoms with Crippen molar-refractivity contribution in [2.75, 3.05) is 13.7 Å². The molecule has 0 unspecified atom stereocenters. The van der Waals surface area contributed by atoms with Crippen molar-refractivity contribution in [2.45, 2.75) is 26.4 Å². The first-order valence-corrected chi connectivity index (χ1v) is 6.23. The summed E-state index contributed by atoms with van der Waals surface area (Å²) in [5, 5.41) is 6.52. The van der Waals surface area contributed by atoms with E-state index < -0.39 is 0 Å². The molecule has 0 atom stereocenters. The van der Waals surface area contributed by atoms with E-state index in [4.69, 9.17) is 16.3 Å². The van der Waals surface area contributed by atoms with Crippen molar-refractivity contribution in [3.8, 4) is 5.75 Å². The maximum Gasteiger partial charge on any atom is 0.234 e. The van der Waals surface area contributed by atoms with Gasteiger partial charge in [-0.15, -0.1) is 0 Å². The van der Waals surface area contributed by atoms with Crippen LogP contribution < -0.4 is 15.4 Å². The van der Waals surface area contributed by atoms with E-state index >= 15 is 0 Å². The number of hydrogen-bond donors (Lipinski definition) is 2. The second-order valence-corrected chi connectivity index (χ2v) is 4.72. The molecule has 0 bridgehead atoms. The molecule has 0 aliphatic heterocycles. The first-order valence-electron chi connectivity index (χ1n) is 5.85. The number of halogens is 1. The first-order chi connectivity index (χ1) is 8.52. The Morgan fingerprint density at radius 2 is 2.17 bits per heavy atom. The van der Waals surface area contributed by atoms with Gasteiger partial charge >= 0.3 is 0 Å². The number of hydrogen-bond acceptors (Lipinski definition) is 3. The van der Waals surface area contributed by atoms with E-state index in [2.05, 4.69) is 10.6 Å². The lowest BCUT2D eigenvalue weighted by Gasteiger charge is -2.11. The Morgan fingerprint density at radius 1 is 1.44 bits per heavy atom. The average Bonchev–Trinajstić information content (AvgIpc) is 2.28. The van der Waals surface area contributed by atoms with E-state index in [1.165, 1.54) is 0 Å². The monoisotopic (exact) mass is 270 g/mol. The molecule has 100 valence electrons. The summed E-state index contributed by atoms with van der Waals surface area (Å²) in [6, 6.07) is 5.57. The zero-order valence-corrected chi connectivity index (χ0v) is 11.7. The molecule has 0 saturated carbocycles. The van der Waals surface area contributed by atoms with Crippen molar-refractivity contribution < 1.29 is 9.53 Å². The molecule has 4 nitrogen and oxygen atoms in total. The first kappa shape index (κ1) is 14.8. The second-order valence-electron chi connectivity index (χ2n) is 4.28. The van der Waals surface area contributed by atoms with Crippen LogP contribution in [0.3, 0.4) is 0 Å². The molecule has 1 aromatic rings. The van der Waals surface area contributed by atoms with Gasteiger partial charge in [0, 0.05) is 23.2 Å². The summed E-state index contributed by atoms with van der Waals surface area (Å²) in [5.41, 5.74) is 0.933. The fraction of sp³-hybridized carbons (Fsp3) is 0.462. The van der Waals surface area contributed by atoms with Crippen molar-refractivity contribution in [2.24, 2.45) is 0 Å². The third-order valence-electron chi connectivity index (χ3n) is 2.29. The summed E-state index contributed by atoms with van der Waals surface area (Å²) >= 11 is 5.92. The molecular formula is C13H19ClN2O2. The van der Waals surface area contributed by atoms with Gasteiger partial charge < -0.3 is 15.4 Å². The molecule has 18 heavy (non-hydrogen) atoms. The van der Waals surface area contributed by atoms with Crippen LogP contribution in [0.15, 0.2) is 18.2 Å². The van der Waals surface area contributed by atoms with Crippen molar-refractivity contribution >= 4 is 17.5 Å². The Hall–Kier alpha value is -1.26. The van der Waals surface area contributed by atoms with Crippen LogP contribution in [0, 0.1) is 0 Å². The highest BCUT2D eigenvalue weighted by Crippen LogP contribution is 2.22. The average molecular weight is 271 g/mol. The van der Waals surface area contributed by atoms with Crippen LogP contribution in [0.1, 0.15) is 19.4 Å². The highest BCUT2D eigenvalue weighted by Gasteiger charge is 2.06. The summed E-state index contributed by atoms with van der Waals surface area (Å²) in [6.07, 6.45) is 0. The topological polar surface area (TPSA) is 50.4 Å². The quantitative estimate of drug-likeness (QED) is 0.831. The lowest BCUT2D eigenvalue weighted by molar-refractivity contribution is -0.120. The van der Waals surface area contributed by atoms with Gasteiger partial charge in [-0.3, -0.25) is 4.79 Å². The molecule has 0 aliphatic carbocycles. The summed E-state index contributed by atoms with van der Waals surface area (Å²) < 4.78 is 5.22. The normalized spacial score (nSPS) is 10.5. The van der Waals surface area contributed by atoms with Crippen LogP contribution in [0.4, 0.5) is 0 Å². The van der Waals surface area contributed by atoms with E-state index in [9.17, 15) is 4.79 Å². The fourth-order valence-electron chi connectivity index (χ4n) is 1.57. The Labute approximate surface area is 113 Å². The molecule has 1 aromatic carbocycles. The molecule has 0 saturated heterocycles. The highest BCUT2D eigenvalue weighted by molar-refractivity contribution is 6.30. The van der Waals surface area contributed by atoms with Gasteiger partial charge in [0.05, 0.1) is 13.7 Å². The lowest BCUT2D eigenvalue weighted by atomic mass is 10.2. The van der Waals surface area contributed by atoms with E-state index in [1.807, 2.05) is 26.0 Å². The standard InChI is InChI=1S/C13H19ClN2O2/c1-9(2)16-13(17)8-15-7-10-6-11(14)4-5-12(10)18-3/h4-6,9,15H,7-8H2,1-3H3,(H,16,17). The van der Waals surface area contributed by atoms with Crippen molar-refractivity contribution in [3.05, 3.63) is 28.8 Å². The van der Waals surface area contributed by atoms with Crippen LogP contribution in [0.2, 0.25) is 5.02 Å². The van der Waals surface area contributed by atoms with Crippen molar-refractivity contribution in [3.63, 3.8) is 0 Å². The van der Waals surface area contributed by atoms with Crippen LogP contribution >= 0.6 is 11.6 Å². The number of amides is 1. The van der Waals surface area contributed by atoms with Gasteiger partial charge in [0.15, 0.2) is 0 Å². The highest BCUT2D eigenvalue weighted by atomic mass is 35.5. The zero-order valence-electron chi connectivity index (χ0n) is 10.9. The van der Waals surface area contributed by atoms with Crippen molar-refractivity contribution in [1.82, 2.24) is 10.6 Å². The second kappa shape index (κ2) is 7.24. The van der Waals surface area contributed by atoms with E-state index in [0.29, 0.717) is 11.6 Å². The summed E-state index contributed by atoms with van der Waals surface area (Å²) in [7, 11) is 1.61. The molecule has 0 aromatic heterocycles. The number of nitrogens with one attached hydrogen (secondary N) is 2. The molecular weight excluding hydrogens is 252 g/mol. The molecule has 1 amide bonds. The summed E-state index contributed by atoms with van der Waals surface area (Å²) in [5.74, 6) is 0.738. The smallest absolute Gasteiger partial charge is 0.234 e. The largest absolute Gasteiger partial charge is 0.496 e. The van der Waals surface area contributed by atoms with Crippen LogP contribution in [0.25, 0.3) is 0 Å². The van der Waals surface area contributed by atoms with Crippen LogP contribution in [-0.2, 0) is 11.3 Å². The van der Waals surface area contributed by atoms with Gasteiger partial charge in [-0.1, -0.05) is 11.6 Å². The number of benzene rings is 1. The van der Waals surface area contributed by atoms with E-state index in [1.54, 1.807) is 13.2 Å². The molecule has 2 N–H and O–H groups in total. The third kappa shape index (κ3) is 4.94. The Bertz CT molecular complexity index is 408. The van der Waals surface area contributed by atoms with Crippen LogP contribution in [-0.4, -0.2) is 25.6 Å². The van der Waals surface area contributed by atoms with Gasteiger partial charge in [0.25, 0.3) is 0 Å². The Balaban J connectivity index is 2.48. The van der Waals surface area contributed by atoms with Crippen LogP contribution in [0.5, 0.6) is 5.75 Å². The Morgan fingerprint density at radius 3 is 2.78 bits per heavy atom. The van der Waals surface area contributed by atoms with Gasteiger partial charge in [-0.25, -0.2) is 0 Å². The number of carbonyl (C=O) groups is 1. The predicted molar refractivity (Wildman–Crippen MR) is 73.0 cm³/mol. The molecule has 0 radical (unpaired) electrons. The number of carbonyl (C=O) groups excluding carboxylic acids is 1. The zero-order chi connectivity index (χ0) is 13.5. The number of methoxy groups -OCH3 is 1. The van der Waals surface area contributed by atoms with Gasteiger partial charge in [0.1, 0.15) is 5.75 Å². The lowest BCUT2D eigenvalue weighted by Crippen LogP contribution is -2.37. The third-order valence-corrected chi connectivity index (χ3v) is 2.53. The van der Waals surface area contributed by atoms with Gasteiger partial charge in [-0.05, 0) is 32.0 Å². The molecule has 0 spiro atoms. The predicted octanol–water partition coefficient (Wildman–Crippen LogP) is 1.96. The SMILES string of the molecule is COc1ccc(Cl)cc1CNCC(=O)NC(C)C. The van der Waals surface area contributed by atoms with Gasteiger partial charge in [-0.2, -0.15) is 0 Å². The minimum Gasteiger partial charge on any atom is -0.496 e. The summed E-state index contributed by atoms with van der Waals surface area (Å²) in [6.45, 7) is 4.67. The minimum atomic E-state index is -0.0222. The maximum atomic E-state index is 11.4. The molecule has 5 heteroatoms. The van der Waals surface area contributed by atoms with E-state index in [0.717, 1.165) is 11.3 Å². The Kier molecular flexibility index (Phi) is 5.95. The van der Waals surface area contributed by atoms with E-state index in [-0.39, 0.29) is 18.5 Å². The molecule has 1 rings (SSSR count). The number of ether oxygens (including phenoxy) is 1. The molecule has 0 fully saturated rings. The number of rotatable bonds is 6. The molecule has 0 aliphatic rings. The fourth-order valence-corrected chi connectivity index (χ4v) is 1.76. The van der Waals surface area contributed by atoms with Gasteiger partial charge in [0.2, 0.25) is 5.91 Å². The summed E-state index contributed by atoms with van der Waals surface area (Å²) in [4.78, 5) is 11.4.